The van der Waals surface area contributed by atoms with Crippen LogP contribution in [0.3, 0.4) is 0 Å². The Bertz CT molecular complexity index is 1070. The van der Waals surface area contributed by atoms with Crippen molar-refractivity contribution >= 4 is 11.5 Å². The second-order valence-electron chi connectivity index (χ2n) is 6.16. The number of nitrogens with zero attached hydrogens (tertiary/aromatic N) is 4. The van der Waals surface area contributed by atoms with Crippen molar-refractivity contribution in [2.24, 2.45) is 10.2 Å². The van der Waals surface area contributed by atoms with Crippen molar-refractivity contribution in [1.29, 1.82) is 0 Å². The average molecular weight is 354 g/mol. The highest BCUT2D eigenvalue weighted by Crippen LogP contribution is 2.36. The largest absolute Gasteiger partial charge is 0.491 e. The van der Waals surface area contributed by atoms with E-state index in [1.807, 2.05) is 91.9 Å². The molecule has 0 aliphatic rings. The van der Waals surface area contributed by atoms with Crippen molar-refractivity contribution in [3.8, 4) is 23.0 Å². The third-order valence-corrected chi connectivity index (χ3v) is 4.18. The molecule has 1 N–H and O–H groups in total. The van der Waals surface area contributed by atoms with E-state index in [1.54, 1.807) is 4.57 Å². The number of benzene rings is 3. The minimum atomic E-state index is -0.0441. The fourth-order valence-electron chi connectivity index (χ4n) is 2.79. The van der Waals surface area contributed by atoms with Crippen molar-refractivity contribution in [2.75, 3.05) is 0 Å². The SMILES string of the molecule is Cc1ccc(-n2c(-c3ccccc3)nc(N=Nc3ccccc3)c2O)cc1. The molecule has 5 nitrogen and oxygen atoms in total. The first-order chi connectivity index (χ1) is 13.2. The van der Waals surface area contributed by atoms with Gasteiger partial charge in [0.1, 0.15) is 5.82 Å². The van der Waals surface area contributed by atoms with Gasteiger partial charge in [0.15, 0.2) is 0 Å². The molecule has 0 atom stereocenters. The van der Waals surface area contributed by atoms with Gasteiger partial charge in [-0.25, -0.2) is 4.98 Å². The molecule has 0 amide bonds. The second kappa shape index (κ2) is 7.25. The standard InChI is InChI=1S/C22H18N4O/c1-16-12-14-19(15-13-16)26-21(17-8-4-2-5-9-17)23-20(22(26)27)25-24-18-10-6-3-7-11-18/h2-15,27H,1H3. The van der Waals surface area contributed by atoms with Crippen molar-refractivity contribution in [1.82, 2.24) is 9.55 Å². The van der Waals surface area contributed by atoms with Crippen LogP contribution in [-0.2, 0) is 0 Å². The Hall–Kier alpha value is -3.73. The molecule has 1 heterocycles. The van der Waals surface area contributed by atoms with Gasteiger partial charge in [-0.15, -0.1) is 10.2 Å². The van der Waals surface area contributed by atoms with Crippen molar-refractivity contribution < 1.29 is 5.11 Å². The predicted molar refractivity (Wildman–Crippen MR) is 106 cm³/mol. The fraction of sp³-hybridized carbons (Fsp3) is 0.0455. The molecule has 5 heteroatoms. The summed E-state index contributed by atoms with van der Waals surface area (Å²) in [4.78, 5) is 4.55. The third-order valence-electron chi connectivity index (χ3n) is 4.18. The summed E-state index contributed by atoms with van der Waals surface area (Å²) in [5.41, 5.74) is 3.53. The van der Waals surface area contributed by atoms with Gasteiger partial charge in [0.25, 0.3) is 0 Å². The fourth-order valence-corrected chi connectivity index (χ4v) is 2.79. The molecular weight excluding hydrogens is 336 g/mol. The maximum absolute atomic E-state index is 10.8. The summed E-state index contributed by atoms with van der Waals surface area (Å²) in [6.07, 6.45) is 0. The van der Waals surface area contributed by atoms with Crippen molar-refractivity contribution in [3.05, 3.63) is 90.5 Å². The highest BCUT2D eigenvalue weighted by molar-refractivity contribution is 5.65. The van der Waals surface area contributed by atoms with Gasteiger partial charge in [0.2, 0.25) is 11.7 Å². The number of hydrogen-bond donors (Lipinski definition) is 1. The van der Waals surface area contributed by atoms with E-state index in [9.17, 15) is 5.11 Å². The molecule has 0 aliphatic heterocycles. The summed E-state index contributed by atoms with van der Waals surface area (Å²) in [6.45, 7) is 2.02. The normalized spacial score (nSPS) is 11.1. The van der Waals surface area contributed by atoms with Gasteiger partial charge < -0.3 is 5.11 Å². The van der Waals surface area contributed by atoms with Crippen LogP contribution in [-0.4, -0.2) is 14.7 Å². The zero-order valence-corrected chi connectivity index (χ0v) is 14.8. The highest BCUT2D eigenvalue weighted by atomic mass is 16.3. The maximum Gasteiger partial charge on any atom is 0.245 e. The predicted octanol–water partition coefficient (Wildman–Crippen LogP) is 5.97. The smallest absolute Gasteiger partial charge is 0.245 e. The van der Waals surface area contributed by atoms with Gasteiger partial charge >= 0.3 is 0 Å². The van der Waals surface area contributed by atoms with Crippen LogP contribution in [0.15, 0.2) is 95.2 Å². The van der Waals surface area contributed by atoms with E-state index < -0.39 is 0 Å². The first-order valence-electron chi connectivity index (χ1n) is 8.63. The molecule has 3 aromatic carbocycles. The average Bonchev–Trinajstić information content (AvgIpc) is 3.05. The van der Waals surface area contributed by atoms with Crippen LogP contribution in [0, 0.1) is 6.92 Å². The third kappa shape index (κ3) is 3.48. The van der Waals surface area contributed by atoms with E-state index in [2.05, 4.69) is 15.2 Å². The van der Waals surface area contributed by atoms with E-state index in [0.29, 0.717) is 11.5 Å². The molecule has 0 saturated carbocycles. The lowest BCUT2D eigenvalue weighted by Crippen LogP contribution is -1.97. The number of aryl methyl sites for hydroxylation is 1. The van der Waals surface area contributed by atoms with Gasteiger partial charge in [-0.3, -0.25) is 4.57 Å². The lowest BCUT2D eigenvalue weighted by Gasteiger charge is -2.09. The number of hydrogen-bond acceptors (Lipinski definition) is 4. The Labute approximate surface area is 157 Å². The molecule has 0 saturated heterocycles. The van der Waals surface area contributed by atoms with E-state index in [4.69, 9.17) is 0 Å². The van der Waals surface area contributed by atoms with E-state index in [1.165, 1.54) is 0 Å². The maximum atomic E-state index is 10.8. The quantitative estimate of drug-likeness (QED) is 0.459. The Kier molecular flexibility index (Phi) is 4.49. The summed E-state index contributed by atoms with van der Waals surface area (Å²) in [5, 5.41) is 19.2. The molecule has 0 fully saturated rings. The van der Waals surface area contributed by atoms with Gasteiger partial charge in [0, 0.05) is 5.56 Å². The summed E-state index contributed by atoms with van der Waals surface area (Å²) < 4.78 is 1.69. The van der Waals surface area contributed by atoms with Crippen LogP contribution < -0.4 is 0 Å². The van der Waals surface area contributed by atoms with Crippen molar-refractivity contribution in [2.45, 2.75) is 6.92 Å². The van der Waals surface area contributed by atoms with Crippen LogP contribution in [0.4, 0.5) is 11.5 Å². The number of rotatable bonds is 4. The molecule has 4 aromatic rings. The highest BCUT2D eigenvalue weighted by Gasteiger charge is 2.19. The monoisotopic (exact) mass is 354 g/mol. The minimum Gasteiger partial charge on any atom is -0.491 e. The summed E-state index contributed by atoms with van der Waals surface area (Å²) in [5.74, 6) is 0.745. The van der Waals surface area contributed by atoms with Crippen LogP contribution in [0.2, 0.25) is 0 Å². The molecule has 132 valence electrons. The zero-order valence-electron chi connectivity index (χ0n) is 14.8. The van der Waals surface area contributed by atoms with Gasteiger partial charge in [0.05, 0.1) is 11.4 Å². The first-order valence-corrected chi connectivity index (χ1v) is 8.63. The molecule has 1 aromatic heterocycles. The van der Waals surface area contributed by atoms with Crippen molar-refractivity contribution in [3.63, 3.8) is 0 Å². The van der Waals surface area contributed by atoms with Gasteiger partial charge in [-0.2, -0.15) is 0 Å². The summed E-state index contributed by atoms with van der Waals surface area (Å²) in [7, 11) is 0. The number of aromatic hydroxyl groups is 1. The van der Waals surface area contributed by atoms with Crippen LogP contribution in [0.25, 0.3) is 17.1 Å². The zero-order chi connectivity index (χ0) is 18.6. The Morgan fingerprint density at radius 1 is 0.778 bits per heavy atom. The molecule has 0 radical (unpaired) electrons. The lowest BCUT2D eigenvalue weighted by atomic mass is 10.2. The molecule has 27 heavy (non-hydrogen) atoms. The van der Waals surface area contributed by atoms with Crippen LogP contribution in [0.5, 0.6) is 5.88 Å². The molecular formula is C22H18N4O. The molecule has 0 unspecified atom stereocenters. The van der Waals surface area contributed by atoms with E-state index in [-0.39, 0.29) is 11.7 Å². The second-order valence-corrected chi connectivity index (χ2v) is 6.16. The van der Waals surface area contributed by atoms with Crippen LogP contribution >= 0.6 is 0 Å². The van der Waals surface area contributed by atoms with E-state index in [0.717, 1.165) is 16.8 Å². The Morgan fingerprint density at radius 3 is 2.07 bits per heavy atom. The van der Waals surface area contributed by atoms with Gasteiger partial charge in [-0.1, -0.05) is 66.2 Å². The first kappa shape index (κ1) is 16.7. The minimum absolute atomic E-state index is 0.0441. The molecule has 0 bridgehead atoms. The van der Waals surface area contributed by atoms with Gasteiger partial charge in [-0.05, 0) is 31.2 Å². The number of aromatic nitrogens is 2. The van der Waals surface area contributed by atoms with E-state index >= 15 is 0 Å². The Balaban J connectivity index is 1.84. The van der Waals surface area contributed by atoms with Crippen LogP contribution in [0.1, 0.15) is 5.56 Å². The number of azo groups is 1. The summed E-state index contributed by atoms with van der Waals surface area (Å²) >= 11 is 0. The molecule has 4 rings (SSSR count). The Morgan fingerprint density at radius 2 is 1.41 bits per heavy atom. The summed E-state index contributed by atoms with van der Waals surface area (Å²) in [6, 6.07) is 27.0. The lowest BCUT2D eigenvalue weighted by molar-refractivity contribution is 0.444. The topological polar surface area (TPSA) is 62.8 Å². The number of imidazole rings is 1. The molecule has 0 spiro atoms. The molecule has 0 aliphatic carbocycles.